The molecule has 2 aliphatic rings. The minimum absolute atomic E-state index is 0.159. The van der Waals surface area contributed by atoms with Crippen LogP contribution in [0.5, 0.6) is 0 Å². The van der Waals surface area contributed by atoms with Gasteiger partial charge in [0.05, 0.1) is 6.61 Å². The normalized spacial score (nSPS) is 19.4. The van der Waals surface area contributed by atoms with Crippen LogP contribution in [0.25, 0.3) is 0 Å². The number of carbonyl (C=O) groups is 1. The maximum absolute atomic E-state index is 12.6. The summed E-state index contributed by atoms with van der Waals surface area (Å²) >= 11 is 0. The summed E-state index contributed by atoms with van der Waals surface area (Å²) in [6.45, 7) is 4.14. The topological polar surface area (TPSA) is 43.8 Å². The molecule has 1 aromatic carbocycles. The van der Waals surface area contributed by atoms with Crippen molar-refractivity contribution < 1.29 is 9.90 Å². The van der Waals surface area contributed by atoms with Gasteiger partial charge >= 0.3 is 0 Å². The van der Waals surface area contributed by atoms with Crippen molar-refractivity contribution in [2.45, 2.75) is 25.7 Å². The molecule has 1 aliphatic heterocycles. The van der Waals surface area contributed by atoms with Crippen LogP contribution in [0.15, 0.2) is 18.2 Å². The van der Waals surface area contributed by atoms with E-state index < -0.39 is 0 Å². The molecule has 4 heteroatoms. The molecule has 1 aliphatic carbocycles. The van der Waals surface area contributed by atoms with Crippen molar-refractivity contribution in [2.75, 3.05) is 39.3 Å². The van der Waals surface area contributed by atoms with Crippen molar-refractivity contribution in [3.63, 3.8) is 0 Å². The minimum atomic E-state index is 0.159. The van der Waals surface area contributed by atoms with Crippen LogP contribution in [0.4, 0.5) is 0 Å². The van der Waals surface area contributed by atoms with Crippen LogP contribution in [0.2, 0.25) is 0 Å². The molecule has 1 amide bonds. The number of amides is 1. The number of hydrogen-bond acceptors (Lipinski definition) is 3. The summed E-state index contributed by atoms with van der Waals surface area (Å²) in [5, 5.41) is 8.96. The molecule has 114 valence electrons. The fraction of sp³-hybridized carbons (Fsp3) is 0.588. The van der Waals surface area contributed by atoms with E-state index in [2.05, 4.69) is 17.0 Å². The molecule has 1 aromatic rings. The van der Waals surface area contributed by atoms with Gasteiger partial charge in [0, 0.05) is 38.3 Å². The number of aliphatic hydroxyl groups is 1. The summed E-state index contributed by atoms with van der Waals surface area (Å²) in [4.78, 5) is 16.8. The predicted octanol–water partition coefficient (Wildman–Crippen LogP) is 1.32. The lowest BCUT2D eigenvalue weighted by molar-refractivity contribution is 0.0615. The SMILES string of the molecule is O=C(c1ccc2c(c1)CCCC2)N1CCN(CCO)CC1. The first-order chi connectivity index (χ1) is 10.3. The molecule has 0 bridgehead atoms. The zero-order chi connectivity index (χ0) is 14.7. The third-order valence-electron chi connectivity index (χ3n) is 4.67. The van der Waals surface area contributed by atoms with Gasteiger partial charge in [-0.1, -0.05) is 6.07 Å². The Kier molecular flexibility index (Phi) is 4.56. The van der Waals surface area contributed by atoms with E-state index in [9.17, 15) is 4.79 Å². The van der Waals surface area contributed by atoms with Gasteiger partial charge < -0.3 is 10.0 Å². The van der Waals surface area contributed by atoms with Gasteiger partial charge in [-0.05, 0) is 48.9 Å². The molecule has 1 N–H and O–H groups in total. The van der Waals surface area contributed by atoms with E-state index in [1.54, 1.807) is 0 Å². The van der Waals surface area contributed by atoms with Crippen molar-refractivity contribution in [1.29, 1.82) is 0 Å². The standard InChI is InChI=1S/C17H24N2O2/c20-12-11-18-7-9-19(10-8-18)17(21)16-6-5-14-3-1-2-4-15(14)13-16/h5-6,13,20H,1-4,7-12H2. The van der Waals surface area contributed by atoms with Crippen LogP contribution in [-0.4, -0.2) is 60.1 Å². The van der Waals surface area contributed by atoms with Crippen LogP contribution in [0.3, 0.4) is 0 Å². The van der Waals surface area contributed by atoms with E-state index in [0.717, 1.165) is 44.6 Å². The van der Waals surface area contributed by atoms with E-state index in [-0.39, 0.29) is 12.5 Å². The van der Waals surface area contributed by atoms with E-state index >= 15 is 0 Å². The summed E-state index contributed by atoms with van der Waals surface area (Å²) in [5.74, 6) is 0.159. The monoisotopic (exact) mass is 288 g/mol. The molecule has 3 rings (SSSR count). The number of β-amino-alcohol motifs (C(OH)–C–C–N with tert-alkyl or cyclic N) is 1. The maximum atomic E-state index is 12.6. The average Bonchev–Trinajstić information content (AvgIpc) is 2.55. The Morgan fingerprint density at radius 2 is 1.76 bits per heavy atom. The van der Waals surface area contributed by atoms with Gasteiger partial charge in [0.2, 0.25) is 0 Å². The Balaban J connectivity index is 1.66. The Morgan fingerprint density at radius 3 is 2.48 bits per heavy atom. The highest BCUT2D eigenvalue weighted by molar-refractivity contribution is 5.94. The van der Waals surface area contributed by atoms with Crippen LogP contribution in [0, 0.1) is 0 Å². The second-order valence-corrected chi connectivity index (χ2v) is 6.05. The number of aryl methyl sites for hydroxylation is 2. The molecular formula is C17H24N2O2. The number of aliphatic hydroxyl groups excluding tert-OH is 1. The lowest BCUT2D eigenvalue weighted by atomic mass is 9.90. The quantitative estimate of drug-likeness (QED) is 0.912. The molecular weight excluding hydrogens is 264 g/mol. The summed E-state index contributed by atoms with van der Waals surface area (Å²) in [5.41, 5.74) is 3.63. The predicted molar refractivity (Wildman–Crippen MR) is 82.5 cm³/mol. The summed E-state index contributed by atoms with van der Waals surface area (Å²) in [6, 6.07) is 6.24. The number of carbonyl (C=O) groups excluding carboxylic acids is 1. The van der Waals surface area contributed by atoms with Gasteiger partial charge in [0.1, 0.15) is 0 Å². The molecule has 0 aromatic heterocycles. The van der Waals surface area contributed by atoms with Gasteiger partial charge in [-0.15, -0.1) is 0 Å². The number of piperazine rings is 1. The highest BCUT2D eigenvalue weighted by atomic mass is 16.3. The molecule has 0 radical (unpaired) electrons. The zero-order valence-corrected chi connectivity index (χ0v) is 12.6. The Morgan fingerprint density at radius 1 is 1.05 bits per heavy atom. The largest absolute Gasteiger partial charge is 0.395 e. The Labute approximate surface area is 126 Å². The fourth-order valence-corrected chi connectivity index (χ4v) is 3.37. The summed E-state index contributed by atoms with van der Waals surface area (Å²) in [6.07, 6.45) is 4.78. The molecule has 0 saturated carbocycles. The molecule has 0 atom stereocenters. The third kappa shape index (κ3) is 3.27. The Hall–Kier alpha value is -1.39. The zero-order valence-electron chi connectivity index (χ0n) is 12.6. The first-order valence-corrected chi connectivity index (χ1v) is 8.02. The number of fused-ring (bicyclic) bond motifs is 1. The second kappa shape index (κ2) is 6.58. The second-order valence-electron chi connectivity index (χ2n) is 6.05. The smallest absolute Gasteiger partial charge is 0.253 e. The highest BCUT2D eigenvalue weighted by Gasteiger charge is 2.22. The number of rotatable bonds is 3. The van der Waals surface area contributed by atoms with Gasteiger partial charge in [-0.3, -0.25) is 9.69 Å². The van der Waals surface area contributed by atoms with Gasteiger partial charge in [-0.2, -0.15) is 0 Å². The van der Waals surface area contributed by atoms with Gasteiger partial charge in [0.15, 0.2) is 0 Å². The van der Waals surface area contributed by atoms with E-state index in [1.807, 2.05) is 11.0 Å². The molecule has 0 unspecified atom stereocenters. The minimum Gasteiger partial charge on any atom is -0.395 e. The van der Waals surface area contributed by atoms with Crippen molar-refractivity contribution in [3.05, 3.63) is 34.9 Å². The molecule has 4 nitrogen and oxygen atoms in total. The number of hydrogen-bond donors (Lipinski definition) is 1. The van der Waals surface area contributed by atoms with Crippen molar-refractivity contribution >= 4 is 5.91 Å². The molecule has 0 spiro atoms. The number of benzene rings is 1. The highest BCUT2D eigenvalue weighted by Crippen LogP contribution is 2.23. The molecule has 1 heterocycles. The molecule has 1 saturated heterocycles. The van der Waals surface area contributed by atoms with Crippen LogP contribution in [-0.2, 0) is 12.8 Å². The number of nitrogens with zero attached hydrogens (tertiary/aromatic N) is 2. The van der Waals surface area contributed by atoms with E-state index in [0.29, 0.717) is 6.54 Å². The summed E-state index contributed by atoms with van der Waals surface area (Å²) in [7, 11) is 0. The average molecular weight is 288 g/mol. The van der Waals surface area contributed by atoms with Gasteiger partial charge in [-0.25, -0.2) is 0 Å². The van der Waals surface area contributed by atoms with Crippen molar-refractivity contribution in [1.82, 2.24) is 9.80 Å². The van der Waals surface area contributed by atoms with E-state index in [1.165, 1.54) is 24.0 Å². The van der Waals surface area contributed by atoms with Crippen LogP contribution < -0.4 is 0 Å². The Bertz CT molecular complexity index is 508. The fourth-order valence-electron chi connectivity index (χ4n) is 3.37. The molecule has 21 heavy (non-hydrogen) atoms. The first-order valence-electron chi connectivity index (χ1n) is 8.02. The summed E-state index contributed by atoms with van der Waals surface area (Å²) < 4.78 is 0. The first kappa shape index (κ1) is 14.5. The lowest BCUT2D eigenvalue weighted by Crippen LogP contribution is -2.49. The maximum Gasteiger partial charge on any atom is 0.253 e. The van der Waals surface area contributed by atoms with Crippen LogP contribution >= 0.6 is 0 Å². The van der Waals surface area contributed by atoms with Crippen molar-refractivity contribution in [2.24, 2.45) is 0 Å². The lowest BCUT2D eigenvalue weighted by Gasteiger charge is -2.34. The van der Waals surface area contributed by atoms with Crippen LogP contribution in [0.1, 0.15) is 34.3 Å². The molecule has 1 fully saturated rings. The third-order valence-corrected chi connectivity index (χ3v) is 4.67. The van der Waals surface area contributed by atoms with E-state index in [4.69, 9.17) is 5.11 Å². The van der Waals surface area contributed by atoms with Gasteiger partial charge in [0.25, 0.3) is 5.91 Å². The van der Waals surface area contributed by atoms with Crippen molar-refractivity contribution in [3.8, 4) is 0 Å².